The summed E-state index contributed by atoms with van der Waals surface area (Å²) in [7, 11) is 2.07. The van der Waals surface area contributed by atoms with Crippen molar-refractivity contribution in [1.29, 1.82) is 0 Å². The fourth-order valence-corrected chi connectivity index (χ4v) is 2.98. The highest BCUT2D eigenvalue weighted by Gasteiger charge is 2.13. The summed E-state index contributed by atoms with van der Waals surface area (Å²) in [5.74, 6) is 0. The SMILES string of the molecule is CNC(Cc1cc(C)ccc1C)Cc1c(C)cccc1C. The fraction of sp³-hybridized carbons (Fsp3) is 0.400. The second-order valence-corrected chi connectivity index (χ2v) is 6.19. The van der Waals surface area contributed by atoms with E-state index in [0.717, 1.165) is 12.8 Å². The molecule has 1 nitrogen and oxygen atoms in total. The van der Waals surface area contributed by atoms with Crippen molar-refractivity contribution in [3.8, 4) is 0 Å². The zero-order chi connectivity index (χ0) is 15.4. The van der Waals surface area contributed by atoms with Crippen LogP contribution in [0, 0.1) is 27.7 Å². The molecule has 0 amide bonds. The summed E-state index contributed by atoms with van der Waals surface area (Å²) < 4.78 is 0. The van der Waals surface area contributed by atoms with Gasteiger partial charge in [-0.2, -0.15) is 0 Å². The molecule has 0 aliphatic heterocycles. The molecule has 21 heavy (non-hydrogen) atoms. The molecular weight excluding hydrogens is 254 g/mol. The molecule has 0 aliphatic rings. The maximum atomic E-state index is 3.50. The molecule has 2 rings (SSSR count). The van der Waals surface area contributed by atoms with Crippen LogP contribution >= 0.6 is 0 Å². The molecular formula is C20H27N. The van der Waals surface area contributed by atoms with Crippen LogP contribution in [0.1, 0.15) is 33.4 Å². The van der Waals surface area contributed by atoms with Crippen LogP contribution in [0.5, 0.6) is 0 Å². The van der Waals surface area contributed by atoms with E-state index in [1.165, 1.54) is 33.4 Å². The van der Waals surface area contributed by atoms with Gasteiger partial charge in [0.2, 0.25) is 0 Å². The maximum Gasteiger partial charge on any atom is 0.0145 e. The third-order valence-corrected chi connectivity index (χ3v) is 4.47. The summed E-state index contributed by atoms with van der Waals surface area (Å²) in [6.45, 7) is 8.81. The van der Waals surface area contributed by atoms with E-state index in [1.807, 2.05) is 0 Å². The first kappa shape index (κ1) is 15.8. The molecule has 1 heteroatoms. The Labute approximate surface area is 129 Å². The van der Waals surface area contributed by atoms with Crippen molar-refractivity contribution in [2.24, 2.45) is 0 Å². The lowest BCUT2D eigenvalue weighted by Gasteiger charge is -2.20. The van der Waals surface area contributed by atoms with E-state index in [-0.39, 0.29) is 0 Å². The maximum absolute atomic E-state index is 3.50. The molecule has 0 fully saturated rings. The van der Waals surface area contributed by atoms with Gasteiger partial charge >= 0.3 is 0 Å². The van der Waals surface area contributed by atoms with Gasteiger partial charge in [-0.15, -0.1) is 0 Å². The van der Waals surface area contributed by atoms with E-state index in [4.69, 9.17) is 0 Å². The monoisotopic (exact) mass is 281 g/mol. The van der Waals surface area contributed by atoms with E-state index < -0.39 is 0 Å². The van der Waals surface area contributed by atoms with E-state index in [9.17, 15) is 0 Å². The van der Waals surface area contributed by atoms with Gasteiger partial charge in [-0.3, -0.25) is 0 Å². The normalized spacial score (nSPS) is 12.4. The van der Waals surface area contributed by atoms with Crippen molar-refractivity contribution in [2.75, 3.05) is 7.05 Å². The summed E-state index contributed by atoms with van der Waals surface area (Å²) in [6, 6.07) is 13.8. The number of hydrogen-bond donors (Lipinski definition) is 1. The van der Waals surface area contributed by atoms with Crippen molar-refractivity contribution in [1.82, 2.24) is 5.32 Å². The average Bonchev–Trinajstić information content (AvgIpc) is 2.45. The Balaban J connectivity index is 2.19. The highest BCUT2D eigenvalue weighted by molar-refractivity contribution is 5.35. The smallest absolute Gasteiger partial charge is 0.0145 e. The van der Waals surface area contributed by atoms with Gasteiger partial charge < -0.3 is 5.32 Å². The van der Waals surface area contributed by atoms with Gasteiger partial charge in [0.15, 0.2) is 0 Å². The van der Waals surface area contributed by atoms with Crippen LogP contribution in [-0.2, 0) is 12.8 Å². The molecule has 1 N–H and O–H groups in total. The molecule has 2 aromatic carbocycles. The molecule has 0 aliphatic carbocycles. The van der Waals surface area contributed by atoms with Crippen molar-refractivity contribution < 1.29 is 0 Å². The van der Waals surface area contributed by atoms with Crippen molar-refractivity contribution >= 4 is 0 Å². The van der Waals surface area contributed by atoms with Crippen molar-refractivity contribution in [3.63, 3.8) is 0 Å². The summed E-state index contributed by atoms with van der Waals surface area (Å²) >= 11 is 0. The van der Waals surface area contributed by atoms with Crippen LogP contribution in [0.15, 0.2) is 36.4 Å². The van der Waals surface area contributed by atoms with E-state index in [0.29, 0.717) is 6.04 Å². The van der Waals surface area contributed by atoms with Gasteiger partial charge in [-0.1, -0.05) is 42.0 Å². The summed E-state index contributed by atoms with van der Waals surface area (Å²) in [5.41, 5.74) is 8.48. The molecule has 1 atom stereocenters. The van der Waals surface area contributed by atoms with Gasteiger partial charge in [0.25, 0.3) is 0 Å². The Bertz CT molecular complexity index is 593. The first-order valence-corrected chi connectivity index (χ1v) is 7.79. The Morgan fingerprint density at radius 1 is 0.857 bits per heavy atom. The van der Waals surface area contributed by atoms with Crippen LogP contribution in [0.25, 0.3) is 0 Å². The molecule has 1 unspecified atom stereocenters. The fourth-order valence-electron chi connectivity index (χ4n) is 2.98. The van der Waals surface area contributed by atoms with Crippen LogP contribution < -0.4 is 5.32 Å². The van der Waals surface area contributed by atoms with Gasteiger partial charge in [-0.25, -0.2) is 0 Å². The minimum Gasteiger partial charge on any atom is -0.316 e. The summed E-state index contributed by atoms with van der Waals surface area (Å²) in [6.07, 6.45) is 2.17. The molecule has 0 bridgehead atoms. The summed E-state index contributed by atoms with van der Waals surface area (Å²) in [5, 5.41) is 3.50. The molecule has 2 aromatic rings. The second-order valence-electron chi connectivity index (χ2n) is 6.19. The zero-order valence-corrected chi connectivity index (χ0v) is 14.0. The van der Waals surface area contributed by atoms with E-state index in [1.54, 1.807) is 0 Å². The number of aryl methyl sites for hydroxylation is 4. The first-order chi connectivity index (χ1) is 10.0. The van der Waals surface area contributed by atoms with Crippen LogP contribution in [0.2, 0.25) is 0 Å². The van der Waals surface area contributed by atoms with Gasteiger partial charge in [0.1, 0.15) is 0 Å². The van der Waals surface area contributed by atoms with Gasteiger partial charge in [0.05, 0.1) is 0 Å². The molecule has 0 saturated heterocycles. The molecule has 0 aromatic heterocycles. The van der Waals surface area contributed by atoms with Crippen LogP contribution in [0.3, 0.4) is 0 Å². The Hall–Kier alpha value is -1.60. The average molecular weight is 281 g/mol. The second kappa shape index (κ2) is 6.91. The minimum absolute atomic E-state index is 0.477. The van der Waals surface area contributed by atoms with Gasteiger partial charge in [0, 0.05) is 6.04 Å². The predicted octanol–water partition coefficient (Wildman–Crippen LogP) is 4.29. The van der Waals surface area contributed by atoms with Crippen LogP contribution in [0.4, 0.5) is 0 Å². The number of rotatable bonds is 5. The molecule has 0 radical (unpaired) electrons. The number of nitrogens with one attached hydrogen (secondary N) is 1. The number of likely N-dealkylation sites (N-methyl/N-ethyl adjacent to an activating group) is 1. The third kappa shape index (κ3) is 3.95. The highest BCUT2D eigenvalue weighted by atomic mass is 14.9. The summed E-state index contributed by atoms with van der Waals surface area (Å²) in [4.78, 5) is 0. The lowest BCUT2D eigenvalue weighted by molar-refractivity contribution is 0.553. The van der Waals surface area contributed by atoms with Crippen molar-refractivity contribution in [3.05, 3.63) is 69.8 Å². The van der Waals surface area contributed by atoms with E-state index >= 15 is 0 Å². The highest BCUT2D eigenvalue weighted by Crippen LogP contribution is 2.19. The van der Waals surface area contributed by atoms with Crippen LogP contribution in [-0.4, -0.2) is 13.1 Å². The molecule has 112 valence electrons. The Kier molecular flexibility index (Phi) is 5.19. The first-order valence-electron chi connectivity index (χ1n) is 7.79. The predicted molar refractivity (Wildman–Crippen MR) is 92.1 cm³/mol. The standard InChI is InChI=1S/C20H27N/c1-14-9-10-15(2)18(11-14)12-19(21-5)13-20-16(3)7-6-8-17(20)4/h6-11,19,21H,12-13H2,1-5H3. The van der Waals surface area contributed by atoms with E-state index in [2.05, 4.69) is 76.5 Å². The lowest BCUT2D eigenvalue weighted by atomic mass is 9.91. The molecule has 0 spiro atoms. The lowest BCUT2D eigenvalue weighted by Crippen LogP contribution is -2.30. The molecule has 0 heterocycles. The quantitative estimate of drug-likeness (QED) is 0.862. The largest absolute Gasteiger partial charge is 0.316 e. The Morgan fingerprint density at radius 2 is 1.52 bits per heavy atom. The van der Waals surface area contributed by atoms with Gasteiger partial charge in [-0.05, 0) is 75.4 Å². The number of benzene rings is 2. The molecule has 0 saturated carbocycles. The number of hydrogen-bond acceptors (Lipinski definition) is 1. The minimum atomic E-state index is 0.477. The zero-order valence-electron chi connectivity index (χ0n) is 14.0. The topological polar surface area (TPSA) is 12.0 Å². The Morgan fingerprint density at radius 3 is 2.14 bits per heavy atom. The van der Waals surface area contributed by atoms with Crippen molar-refractivity contribution in [2.45, 2.75) is 46.6 Å². The third-order valence-electron chi connectivity index (χ3n) is 4.47.